The molecule has 0 unspecified atom stereocenters. The minimum atomic E-state index is -3.50. The fourth-order valence-electron chi connectivity index (χ4n) is 1.22. The number of hydrogen-bond donors (Lipinski definition) is 2. The molecule has 16 heavy (non-hydrogen) atoms. The van der Waals surface area contributed by atoms with Gasteiger partial charge in [-0.2, -0.15) is 0 Å². The van der Waals surface area contributed by atoms with E-state index in [9.17, 15) is 13.2 Å². The third-order valence-electron chi connectivity index (χ3n) is 1.97. The number of hydrogen-bond acceptors (Lipinski definition) is 3. The molecule has 0 aliphatic carbocycles. The van der Waals surface area contributed by atoms with Gasteiger partial charge in [0.05, 0.1) is 4.90 Å². The Bertz CT molecular complexity index is 483. The van der Waals surface area contributed by atoms with Crippen molar-refractivity contribution in [1.82, 2.24) is 10.0 Å². The first-order chi connectivity index (χ1) is 7.51. The molecular formula is C10H14N2O3S. The molecule has 0 saturated heterocycles. The van der Waals surface area contributed by atoms with Crippen molar-refractivity contribution in [3.05, 3.63) is 29.8 Å². The van der Waals surface area contributed by atoms with Crippen LogP contribution in [0.25, 0.3) is 0 Å². The van der Waals surface area contributed by atoms with Gasteiger partial charge in [0.25, 0.3) is 5.91 Å². The van der Waals surface area contributed by atoms with Crippen LogP contribution in [0.5, 0.6) is 0 Å². The molecule has 0 heterocycles. The van der Waals surface area contributed by atoms with Crippen molar-refractivity contribution in [2.24, 2.45) is 0 Å². The number of sulfonamides is 1. The standard InChI is InChI=1S/C10H14N2O3S/c1-3-12-16(14,15)9-6-4-5-8(7-9)10(13)11-2/h4-7,12H,3H2,1-2H3,(H,11,13). The van der Waals surface area contributed by atoms with E-state index in [4.69, 9.17) is 0 Å². The van der Waals surface area contributed by atoms with E-state index in [1.807, 2.05) is 0 Å². The summed E-state index contributed by atoms with van der Waals surface area (Å²) in [5.41, 5.74) is 0.321. The Balaban J connectivity index is 3.13. The van der Waals surface area contributed by atoms with Crippen LogP contribution in [0.2, 0.25) is 0 Å². The van der Waals surface area contributed by atoms with Gasteiger partial charge in [-0.3, -0.25) is 4.79 Å². The molecule has 6 heteroatoms. The molecule has 0 aromatic heterocycles. The van der Waals surface area contributed by atoms with Crippen LogP contribution >= 0.6 is 0 Å². The second kappa shape index (κ2) is 5.09. The van der Waals surface area contributed by atoms with Gasteiger partial charge in [0, 0.05) is 19.2 Å². The van der Waals surface area contributed by atoms with Crippen molar-refractivity contribution in [3.8, 4) is 0 Å². The molecule has 88 valence electrons. The highest BCUT2D eigenvalue weighted by atomic mass is 32.2. The van der Waals surface area contributed by atoms with Gasteiger partial charge in [0.15, 0.2) is 0 Å². The number of rotatable bonds is 4. The zero-order valence-electron chi connectivity index (χ0n) is 9.15. The molecule has 0 saturated carbocycles. The lowest BCUT2D eigenvalue weighted by Crippen LogP contribution is -2.24. The summed E-state index contributed by atoms with van der Waals surface area (Å²) in [6, 6.07) is 5.89. The van der Waals surface area contributed by atoms with Crippen LogP contribution in [-0.2, 0) is 10.0 Å². The lowest BCUT2D eigenvalue weighted by molar-refractivity contribution is 0.0963. The summed E-state index contributed by atoms with van der Waals surface area (Å²) < 4.78 is 25.7. The van der Waals surface area contributed by atoms with Crippen molar-refractivity contribution >= 4 is 15.9 Å². The molecule has 0 aliphatic rings. The van der Waals surface area contributed by atoms with Crippen molar-refractivity contribution in [3.63, 3.8) is 0 Å². The van der Waals surface area contributed by atoms with Crippen LogP contribution < -0.4 is 10.0 Å². The van der Waals surface area contributed by atoms with Gasteiger partial charge in [-0.15, -0.1) is 0 Å². The normalized spacial score (nSPS) is 11.1. The van der Waals surface area contributed by atoms with Gasteiger partial charge in [-0.25, -0.2) is 13.1 Å². The predicted octanol–water partition coefficient (Wildman–Crippen LogP) is 0.344. The van der Waals surface area contributed by atoms with E-state index in [1.165, 1.54) is 25.2 Å². The number of amides is 1. The SMILES string of the molecule is CCNS(=O)(=O)c1cccc(C(=O)NC)c1. The highest BCUT2D eigenvalue weighted by Crippen LogP contribution is 2.11. The van der Waals surface area contributed by atoms with E-state index in [1.54, 1.807) is 13.0 Å². The summed E-state index contributed by atoms with van der Waals surface area (Å²) in [5, 5.41) is 2.44. The molecule has 0 aliphatic heterocycles. The molecule has 5 nitrogen and oxygen atoms in total. The summed E-state index contributed by atoms with van der Waals surface area (Å²) in [6.45, 7) is 2.01. The summed E-state index contributed by atoms with van der Waals surface area (Å²) in [6.07, 6.45) is 0. The Morgan fingerprint density at radius 1 is 1.38 bits per heavy atom. The van der Waals surface area contributed by atoms with E-state index >= 15 is 0 Å². The fourth-order valence-corrected chi connectivity index (χ4v) is 2.31. The second-order valence-corrected chi connectivity index (χ2v) is 4.88. The zero-order valence-corrected chi connectivity index (χ0v) is 9.97. The van der Waals surface area contributed by atoms with Crippen molar-refractivity contribution < 1.29 is 13.2 Å². The zero-order chi connectivity index (χ0) is 12.2. The number of nitrogens with one attached hydrogen (secondary N) is 2. The Labute approximate surface area is 94.9 Å². The smallest absolute Gasteiger partial charge is 0.251 e. The van der Waals surface area contributed by atoms with Crippen LogP contribution in [0.1, 0.15) is 17.3 Å². The van der Waals surface area contributed by atoms with Crippen molar-refractivity contribution in [2.75, 3.05) is 13.6 Å². The van der Waals surface area contributed by atoms with Gasteiger partial charge >= 0.3 is 0 Å². The molecule has 1 aromatic carbocycles. The first-order valence-electron chi connectivity index (χ1n) is 4.83. The fraction of sp³-hybridized carbons (Fsp3) is 0.300. The van der Waals surface area contributed by atoms with Crippen molar-refractivity contribution in [2.45, 2.75) is 11.8 Å². The predicted molar refractivity (Wildman–Crippen MR) is 60.7 cm³/mol. The van der Waals surface area contributed by atoms with E-state index in [0.717, 1.165) is 0 Å². The lowest BCUT2D eigenvalue weighted by atomic mass is 10.2. The summed E-state index contributed by atoms with van der Waals surface area (Å²) in [5.74, 6) is -0.312. The third kappa shape index (κ3) is 2.80. The molecule has 0 spiro atoms. The van der Waals surface area contributed by atoms with Gasteiger partial charge in [-0.05, 0) is 18.2 Å². The minimum Gasteiger partial charge on any atom is -0.355 e. The van der Waals surface area contributed by atoms with Crippen LogP contribution in [0, 0.1) is 0 Å². The first kappa shape index (κ1) is 12.7. The van der Waals surface area contributed by atoms with Gasteiger partial charge in [0.2, 0.25) is 10.0 Å². The molecule has 0 fully saturated rings. The quantitative estimate of drug-likeness (QED) is 0.799. The first-order valence-corrected chi connectivity index (χ1v) is 6.31. The molecule has 0 bridgehead atoms. The third-order valence-corrected chi connectivity index (χ3v) is 3.51. The van der Waals surface area contributed by atoms with E-state index in [0.29, 0.717) is 12.1 Å². The highest BCUT2D eigenvalue weighted by Gasteiger charge is 2.14. The van der Waals surface area contributed by atoms with Crippen LogP contribution in [0.15, 0.2) is 29.2 Å². The number of benzene rings is 1. The Kier molecular flexibility index (Phi) is 4.03. The largest absolute Gasteiger partial charge is 0.355 e. The maximum Gasteiger partial charge on any atom is 0.251 e. The molecule has 1 rings (SSSR count). The van der Waals surface area contributed by atoms with E-state index in [-0.39, 0.29) is 10.8 Å². The van der Waals surface area contributed by atoms with E-state index in [2.05, 4.69) is 10.0 Å². The Hall–Kier alpha value is -1.40. The van der Waals surface area contributed by atoms with Crippen molar-refractivity contribution in [1.29, 1.82) is 0 Å². The maximum atomic E-state index is 11.7. The summed E-state index contributed by atoms with van der Waals surface area (Å²) >= 11 is 0. The second-order valence-electron chi connectivity index (χ2n) is 3.11. The molecule has 2 N–H and O–H groups in total. The molecule has 1 aromatic rings. The number of carbonyl (C=O) groups is 1. The Morgan fingerprint density at radius 2 is 2.06 bits per heavy atom. The average molecular weight is 242 g/mol. The van der Waals surface area contributed by atoms with Gasteiger partial charge in [-0.1, -0.05) is 13.0 Å². The van der Waals surface area contributed by atoms with Crippen LogP contribution in [0.4, 0.5) is 0 Å². The molecule has 1 amide bonds. The molecule has 0 radical (unpaired) electrons. The van der Waals surface area contributed by atoms with Crippen LogP contribution in [0.3, 0.4) is 0 Å². The van der Waals surface area contributed by atoms with E-state index < -0.39 is 10.0 Å². The average Bonchev–Trinajstić information content (AvgIpc) is 2.28. The molecular weight excluding hydrogens is 228 g/mol. The summed E-state index contributed by atoms with van der Waals surface area (Å²) in [7, 11) is -2.01. The molecule has 0 atom stereocenters. The van der Waals surface area contributed by atoms with Gasteiger partial charge < -0.3 is 5.32 Å². The number of carbonyl (C=O) groups excluding carboxylic acids is 1. The van der Waals surface area contributed by atoms with Crippen LogP contribution in [-0.4, -0.2) is 27.9 Å². The van der Waals surface area contributed by atoms with Gasteiger partial charge in [0.1, 0.15) is 0 Å². The highest BCUT2D eigenvalue weighted by molar-refractivity contribution is 7.89. The minimum absolute atomic E-state index is 0.0930. The maximum absolute atomic E-state index is 11.7. The summed E-state index contributed by atoms with van der Waals surface area (Å²) in [4.78, 5) is 11.4. The topological polar surface area (TPSA) is 75.3 Å². The lowest BCUT2D eigenvalue weighted by Gasteiger charge is -2.06. The monoisotopic (exact) mass is 242 g/mol. The Morgan fingerprint density at radius 3 is 2.62 bits per heavy atom.